The summed E-state index contributed by atoms with van der Waals surface area (Å²) in [6.45, 7) is -0.199. The summed E-state index contributed by atoms with van der Waals surface area (Å²) in [5, 5.41) is 19.8. The van der Waals surface area contributed by atoms with Crippen molar-refractivity contribution in [3.63, 3.8) is 0 Å². The Morgan fingerprint density at radius 3 is 3.10 bits per heavy atom. The van der Waals surface area contributed by atoms with Crippen molar-refractivity contribution in [2.75, 3.05) is 17.7 Å². The molecule has 0 amide bonds. The maximum Gasteiger partial charge on any atom is 0.221 e. The molecule has 0 aliphatic heterocycles. The third-order valence-corrected chi connectivity index (χ3v) is 2.80. The highest BCUT2D eigenvalue weighted by Crippen LogP contribution is 2.23. The van der Waals surface area contributed by atoms with Gasteiger partial charge in [0.1, 0.15) is 12.4 Å². The third kappa shape index (κ3) is 2.75. The molecule has 0 aliphatic rings. The Balaban J connectivity index is 2.02. The van der Waals surface area contributed by atoms with E-state index < -0.39 is 0 Å². The van der Waals surface area contributed by atoms with Gasteiger partial charge in [0.15, 0.2) is 0 Å². The molecule has 0 fully saturated rings. The lowest BCUT2D eigenvalue weighted by atomic mass is 10.1. The summed E-state index contributed by atoms with van der Waals surface area (Å²) in [5.41, 5.74) is 7.91. The van der Waals surface area contributed by atoms with Crippen molar-refractivity contribution >= 4 is 28.4 Å². The first-order valence-electron chi connectivity index (χ1n) is 6.18. The Morgan fingerprint density at radius 1 is 1.38 bits per heavy atom. The number of nitrogens with two attached hydrogens (primary N) is 1. The van der Waals surface area contributed by atoms with Crippen LogP contribution >= 0.6 is 0 Å². The van der Waals surface area contributed by atoms with Crippen molar-refractivity contribution in [1.82, 2.24) is 20.2 Å². The van der Waals surface area contributed by atoms with E-state index >= 15 is 0 Å². The zero-order valence-corrected chi connectivity index (χ0v) is 11.0. The molecule has 0 bridgehead atoms. The minimum Gasteiger partial charge on any atom is -0.384 e. The zero-order valence-electron chi connectivity index (χ0n) is 11.0. The largest absolute Gasteiger partial charge is 0.384 e. The normalized spacial score (nSPS) is 10.1. The average molecular weight is 280 g/mol. The van der Waals surface area contributed by atoms with Crippen LogP contribution in [-0.2, 0) is 0 Å². The molecule has 3 rings (SSSR count). The Labute approximate surface area is 120 Å². The summed E-state index contributed by atoms with van der Waals surface area (Å²) in [7, 11) is 0. The Morgan fingerprint density at radius 2 is 2.29 bits per heavy atom. The predicted octanol–water partition coefficient (Wildman–Crippen LogP) is 1.02. The van der Waals surface area contributed by atoms with Gasteiger partial charge in [-0.1, -0.05) is 11.8 Å². The van der Waals surface area contributed by atoms with E-state index in [1.165, 1.54) is 0 Å². The highest BCUT2D eigenvalue weighted by atomic mass is 16.2. The molecule has 0 unspecified atom stereocenters. The number of nitrogen functional groups attached to an aromatic ring is 1. The third-order valence-electron chi connectivity index (χ3n) is 2.80. The molecule has 2 heterocycles. The van der Waals surface area contributed by atoms with E-state index in [1.807, 2.05) is 12.1 Å². The number of aromatic nitrogens is 4. The van der Waals surface area contributed by atoms with Crippen LogP contribution in [0.1, 0.15) is 5.56 Å². The molecule has 2 aromatic heterocycles. The second kappa shape index (κ2) is 5.48. The van der Waals surface area contributed by atoms with Gasteiger partial charge in [0.2, 0.25) is 5.95 Å². The molecule has 7 heteroatoms. The van der Waals surface area contributed by atoms with Gasteiger partial charge in [-0.25, -0.2) is 4.98 Å². The summed E-state index contributed by atoms with van der Waals surface area (Å²) in [6, 6.07) is 5.48. The monoisotopic (exact) mass is 280 g/mol. The molecule has 3 aromatic rings. The van der Waals surface area contributed by atoms with E-state index in [0.717, 1.165) is 22.2 Å². The van der Waals surface area contributed by atoms with Crippen LogP contribution in [0.5, 0.6) is 0 Å². The SMILES string of the molecule is Nc1nccc(Nc2cc(C#CCO)c3[nH]ncc3c2)n1. The second-order valence-corrected chi connectivity index (χ2v) is 4.24. The molecule has 0 atom stereocenters. The lowest BCUT2D eigenvalue weighted by Crippen LogP contribution is -1.99. The van der Waals surface area contributed by atoms with Crippen LogP contribution in [0.15, 0.2) is 30.6 Å². The van der Waals surface area contributed by atoms with Crippen LogP contribution in [0, 0.1) is 11.8 Å². The number of anilines is 3. The number of fused-ring (bicyclic) bond motifs is 1. The molecular weight excluding hydrogens is 268 g/mol. The first-order chi connectivity index (χ1) is 10.3. The number of H-pyrrole nitrogens is 1. The van der Waals surface area contributed by atoms with Gasteiger partial charge in [0.25, 0.3) is 0 Å². The molecule has 21 heavy (non-hydrogen) atoms. The predicted molar refractivity (Wildman–Crippen MR) is 79.8 cm³/mol. The van der Waals surface area contributed by atoms with Gasteiger partial charge in [0, 0.05) is 17.3 Å². The number of aromatic amines is 1. The fourth-order valence-corrected chi connectivity index (χ4v) is 1.95. The van der Waals surface area contributed by atoms with Gasteiger partial charge in [0.05, 0.1) is 17.3 Å². The molecule has 1 aromatic carbocycles. The van der Waals surface area contributed by atoms with E-state index in [4.69, 9.17) is 10.8 Å². The van der Waals surface area contributed by atoms with Gasteiger partial charge in [-0.2, -0.15) is 10.1 Å². The first kappa shape index (κ1) is 12.9. The molecule has 0 saturated carbocycles. The highest BCUT2D eigenvalue weighted by molar-refractivity contribution is 5.88. The highest BCUT2D eigenvalue weighted by Gasteiger charge is 2.05. The number of nitrogens with one attached hydrogen (secondary N) is 2. The fourth-order valence-electron chi connectivity index (χ4n) is 1.95. The molecule has 0 spiro atoms. The standard InChI is InChI=1S/C14H12N6O/c15-14-16-4-3-12(19-14)18-11-6-9(2-1-5-21)13-10(7-11)8-17-20-13/h3-4,6-8,21H,5H2,(H,17,20)(H3,15,16,18,19). The van der Waals surface area contributed by atoms with Crippen LogP contribution in [0.3, 0.4) is 0 Å². The van der Waals surface area contributed by atoms with E-state index in [1.54, 1.807) is 18.5 Å². The molecule has 0 saturated heterocycles. The topological polar surface area (TPSA) is 113 Å². The summed E-state index contributed by atoms with van der Waals surface area (Å²) in [6.07, 6.45) is 3.28. The van der Waals surface area contributed by atoms with Gasteiger partial charge < -0.3 is 16.2 Å². The zero-order chi connectivity index (χ0) is 14.7. The van der Waals surface area contributed by atoms with Crippen LogP contribution in [0.25, 0.3) is 10.9 Å². The second-order valence-electron chi connectivity index (χ2n) is 4.24. The number of hydrogen-bond donors (Lipinski definition) is 4. The van der Waals surface area contributed by atoms with E-state index in [-0.39, 0.29) is 12.6 Å². The minimum absolute atomic E-state index is 0.199. The molecule has 7 nitrogen and oxygen atoms in total. The number of aliphatic hydroxyl groups excluding tert-OH is 1. The lowest BCUT2D eigenvalue weighted by molar-refractivity contribution is 0.350. The van der Waals surface area contributed by atoms with E-state index in [0.29, 0.717) is 5.82 Å². The summed E-state index contributed by atoms with van der Waals surface area (Å²) in [5.74, 6) is 6.31. The van der Waals surface area contributed by atoms with Crippen LogP contribution in [0.2, 0.25) is 0 Å². The molecule has 104 valence electrons. The van der Waals surface area contributed by atoms with Crippen LogP contribution in [0.4, 0.5) is 17.5 Å². The minimum atomic E-state index is -0.199. The van der Waals surface area contributed by atoms with Crippen LogP contribution in [-0.4, -0.2) is 31.9 Å². The number of nitrogens with zero attached hydrogens (tertiary/aromatic N) is 3. The molecular formula is C14H12N6O. The van der Waals surface area contributed by atoms with Gasteiger partial charge in [-0.15, -0.1) is 0 Å². The molecule has 0 aliphatic carbocycles. The van der Waals surface area contributed by atoms with E-state index in [2.05, 4.69) is 37.3 Å². The van der Waals surface area contributed by atoms with Gasteiger partial charge in [-0.3, -0.25) is 5.10 Å². The Bertz CT molecular complexity index is 845. The number of rotatable bonds is 2. The Hall–Kier alpha value is -3.11. The summed E-state index contributed by atoms with van der Waals surface area (Å²) < 4.78 is 0. The Kier molecular flexibility index (Phi) is 3.37. The maximum atomic E-state index is 8.84. The molecule has 0 radical (unpaired) electrons. The quantitative estimate of drug-likeness (QED) is 0.521. The first-order valence-corrected chi connectivity index (χ1v) is 6.18. The number of aliphatic hydroxyl groups is 1. The smallest absolute Gasteiger partial charge is 0.221 e. The lowest BCUT2D eigenvalue weighted by Gasteiger charge is -2.07. The van der Waals surface area contributed by atoms with Crippen molar-refractivity contribution in [3.05, 3.63) is 36.2 Å². The van der Waals surface area contributed by atoms with Crippen molar-refractivity contribution in [1.29, 1.82) is 0 Å². The van der Waals surface area contributed by atoms with Gasteiger partial charge >= 0.3 is 0 Å². The van der Waals surface area contributed by atoms with E-state index in [9.17, 15) is 0 Å². The number of hydrogen-bond acceptors (Lipinski definition) is 6. The van der Waals surface area contributed by atoms with Gasteiger partial charge in [-0.05, 0) is 18.2 Å². The van der Waals surface area contributed by atoms with Crippen molar-refractivity contribution < 1.29 is 5.11 Å². The summed E-state index contributed by atoms with van der Waals surface area (Å²) in [4.78, 5) is 7.93. The van der Waals surface area contributed by atoms with Crippen LogP contribution < -0.4 is 11.1 Å². The summed E-state index contributed by atoms with van der Waals surface area (Å²) >= 11 is 0. The molecule has 5 N–H and O–H groups in total. The van der Waals surface area contributed by atoms with Crippen molar-refractivity contribution in [2.24, 2.45) is 0 Å². The maximum absolute atomic E-state index is 8.84. The fraction of sp³-hybridized carbons (Fsp3) is 0.0714. The average Bonchev–Trinajstić information content (AvgIpc) is 2.93. The van der Waals surface area contributed by atoms with Crippen molar-refractivity contribution in [2.45, 2.75) is 0 Å². The number of benzene rings is 1. The van der Waals surface area contributed by atoms with Crippen molar-refractivity contribution in [3.8, 4) is 11.8 Å².